The van der Waals surface area contributed by atoms with E-state index in [0.29, 0.717) is 6.54 Å². The van der Waals surface area contributed by atoms with Crippen LogP contribution in [0.2, 0.25) is 0 Å². The molecule has 1 N–H and O–H groups in total. The maximum Gasteiger partial charge on any atom is 0.216 e. The van der Waals surface area contributed by atoms with Crippen LogP contribution in [0.1, 0.15) is 11.9 Å². The summed E-state index contributed by atoms with van der Waals surface area (Å²) in [6.45, 7) is 2.17. The zero-order chi connectivity index (χ0) is 8.97. The van der Waals surface area contributed by atoms with Gasteiger partial charge in [-0.2, -0.15) is 0 Å². The highest BCUT2D eigenvalue weighted by molar-refractivity contribution is 9.11. The molecule has 0 saturated heterocycles. The average molecular weight is 249 g/mol. The first-order chi connectivity index (χ1) is 5.68. The molecule has 0 unspecified atom stereocenters. The van der Waals surface area contributed by atoms with E-state index in [2.05, 4.69) is 26.2 Å². The molecule has 0 aliphatic rings. The molecule has 12 heavy (non-hydrogen) atoms. The van der Waals surface area contributed by atoms with Gasteiger partial charge < -0.3 is 5.32 Å². The van der Waals surface area contributed by atoms with Gasteiger partial charge in [0.05, 0.1) is 15.0 Å². The zero-order valence-electron chi connectivity index (χ0n) is 6.63. The Bertz CT molecular complexity index is 274. The molecule has 1 rings (SSSR count). The molecule has 0 saturated carbocycles. The Balaban J connectivity index is 2.29. The molecule has 0 aliphatic heterocycles. The van der Waals surface area contributed by atoms with Crippen molar-refractivity contribution in [2.45, 2.75) is 13.3 Å². The van der Waals surface area contributed by atoms with E-state index in [1.54, 1.807) is 17.5 Å². The van der Waals surface area contributed by atoms with Crippen molar-refractivity contribution >= 4 is 33.2 Å². The number of thiazole rings is 1. The number of amides is 1. The quantitative estimate of drug-likeness (QED) is 0.883. The molecule has 0 bridgehead atoms. The fourth-order valence-electron chi connectivity index (χ4n) is 0.749. The molecule has 1 aromatic heterocycles. The lowest BCUT2D eigenvalue weighted by molar-refractivity contribution is -0.118. The average Bonchev–Trinajstić information content (AvgIpc) is 2.35. The van der Waals surface area contributed by atoms with Crippen LogP contribution < -0.4 is 5.32 Å². The summed E-state index contributed by atoms with van der Waals surface area (Å²) in [4.78, 5) is 14.6. The molecular weight excluding hydrogens is 240 g/mol. The predicted octanol–water partition coefficient (Wildman–Crippen LogP) is 1.58. The number of aromatic nitrogens is 1. The first-order valence-corrected chi connectivity index (χ1v) is 5.14. The largest absolute Gasteiger partial charge is 0.356 e. The highest BCUT2D eigenvalue weighted by atomic mass is 79.9. The summed E-state index contributed by atoms with van der Waals surface area (Å²) in [5.41, 5.74) is 0. The number of nitrogens with one attached hydrogen (secondary N) is 1. The summed E-state index contributed by atoms with van der Waals surface area (Å²) < 4.78 is 1.03. The minimum absolute atomic E-state index is 0.00521. The first-order valence-electron chi connectivity index (χ1n) is 3.53. The van der Waals surface area contributed by atoms with Gasteiger partial charge in [-0.05, 0) is 15.9 Å². The van der Waals surface area contributed by atoms with Gasteiger partial charge in [0.2, 0.25) is 5.91 Å². The second-order valence-corrected chi connectivity index (χ2v) is 4.79. The number of nitrogens with zero attached hydrogens (tertiary/aromatic N) is 1. The Morgan fingerprint density at radius 3 is 3.08 bits per heavy atom. The van der Waals surface area contributed by atoms with Crippen LogP contribution in [0, 0.1) is 0 Å². The van der Waals surface area contributed by atoms with Crippen LogP contribution in [0.4, 0.5) is 0 Å². The standard InChI is InChI=1S/C7H9BrN2OS/c1-5(11)9-3-2-7-10-4-6(8)12-7/h4H,2-3H2,1H3,(H,9,11). The molecule has 0 spiro atoms. The number of carbonyl (C=O) groups excluding carboxylic acids is 1. The van der Waals surface area contributed by atoms with Gasteiger partial charge in [0.25, 0.3) is 0 Å². The predicted molar refractivity (Wildman–Crippen MR) is 52.2 cm³/mol. The molecule has 0 fully saturated rings. The van der Waals surface area contributed by atoms with Crippen LogP contribution in [0.15, 0.2) is 9.98 Å². The fraction of sp³-hybridized carbons (Fsp3) is 0.429. The van der Waals surface area contributed by atoms with Gasteiger partial charge in [-0.1, -0.05) is 0 Å². The minimum Gasteiger partial charge on any atom is -0.356 e. The number of halogens is 1. The van der Waals surface area contributed by atoms with Gasteiger partial charge in [-0.15, -0.1) is 11.3 Å². The SMILES string of the molecule is CC(=O)NCCc1ncc(Br)s1. The van der Waals surface area contributed by atoms with Crippen LogP contribution in [0.5, 0.6) is 0 Å². The second-order valence-electron chi connectivity index (χ2n) is 2.29. The molecule has 1 aromatic rings. The van der Waals surface area contributed by atoms with Crippen molar-refractivity contribution in [3.63, 3.8) is 0 Å². The van der Waals surface area contributed by atoms with Gasteiger partial charge in [0.1, 0.15) is 0 Å². The lowest BCUT2D eigenvalue weighted by Crippen LogP contribution is -2.22. The van der Waals surface area contributed by atoms with Gasteiger partial charge in [-0.25, -0.2) is 4.98 Å². The van der Waals surface area contributed by atoms with Crippen molar-refractivity contribution in [3.05, 3.63) is 15.0 Å². The van der Waals surface area contributed by atoms with E-state index in [-0.39, 0.29) is 5.91 Å². The Morgan fingerprint density at radius 2 is 2.58 bits per heavy atom. The molecule has 1 heterocycles. The smallest absolute Gasteiger partial charge is 0.216 e. The summed E-state index contributed by atoms with van der Waals surface area (Å²) in [5.74, 6) is 0.00521. The Kier molecular flexibility index (Phi) is 3.68. The molecule has 0 aromatic carbocycles. The maximum absolute atomic E-state index is 10.5. The van der Waals surface area contributed by atoms with Crippen LogP contribution in [0.25, 0.3) is 0 Å². The van der Waals surface area contributed by atoms with Gasteiger partial charge >= 0.3 is 0 Å². The van der Waals surface area contributed by atoms with E-state index in [1.165, 1.54) is 6.92 Å². The molecule has 66 valence electrons. The molecule has 5 heteroatoms. The van der Waals surface area contributed by atoms with Crippen molar-refractivity contribution in [2.75, 3.05) is 6.54 Å². The second kappa shape index (κ2) is 4.57. The highest BCUT2D eigenvalue weighted by Gasteiger charge is 1.98. The van der Waals surface area contributed by atoms with Crippen molar-refractivity contribution in [2.24, 2.45) is 0 Å². The monoisotopic (exact) mass is 248 g/mol. The maximum atomic E-state index is 10.5. The summed E-state index contributed by atoms with van der Waals surface area (Å²) in [6, 6.07) is 0. The summed E-state index contributed by atoms with van der Waals surface area (Å²) in [6.07, 6.45) is 2.57. The molecule has 0 radical (unpaired) electrons. The Hall–Kier alpha value is -0.420. The molecular formula is C7H9BrN2OS. The van der Waals surface area contributed by atoms with Crippen LogP contribution in [-0.4, -0.2) is 17.4 Å². The minimum atomic E-state index is 0.00521. The Labute approximate surface area is 83.3 Å². The van der Waals surface area contributed by atoms with Crippen LogP contribution in [0.3, 0.4) is 0 Å². The van der Waals surface area contributed by atoms with Gasteiger partial charge in [0.15, 0.2) is 0 Å². The van der Waals surface area contributed by atoms with Crippen LogP contribution >= 0.6 is 27.3 Å². The van der Waals surface area contributed by atoms with E-state index in [9.17, 15) is 4.79 Å². The third-order valence-electron chi connectivity index (χ3n) is 1.24. The van der Waals surface area contributed by atoms with E-state index < -0.39 is 0 Å². The van der Waals surface area contributed by atoms with Crippen molar-refractivity contribution in [1.29, 1.82) is 0 Å². The third-order valence-corrected chi connectivity index (χ3v) is 2.77. The van der Waals surface area contributed by atoms with Crippen molar-refractivity contribution in [3.8, 4) is 0 Å². The molecule has 3 nitrogen and oxygen atoms in total. The van der Waals surface area contributed by atoms with Crippen molar-refractivity contribution in [1.82, 2.24) is 10.3 Å². The summed E-state index contributed by atoms with van der Waals surface area (Å²) in [5, 5.41) is 3.75. The number of hydrogen-bond acceptors (Lipinski definition) is 3. The van der Waals surface area contributed by atoms with Gasteiger partial charge in [0, 0.05) is 19.9 Å². The van der Waals surface area contributed by atoms with Crippen LogP contribution in [-0.2, 0) is 11.2 Å². The third kappa shape index (κ3) is 3.32. The lowest BCUT2D eigenvalue weighted by Gasteiger charge is -1.97. The number of hydrogen-bond donors (Lipinski definition) is 1. The van der Waals surface area contributed by atoms with Gasteiger partial charge in [-0.3, -0.25) is 4.79 Å². The Morgan fingerprint density at radius 1 is 1.83 bits per heavy atom. The highest BCUT2D eigenvalue weighted by Crippen LogP contribution is 2.18. The summed E-state index contributed by atoms with van der Waals surface area (Å²) >= 11 is 4.92. The molecule has 0 aliphatic carbocycles. The zero-order valence-corrected chi connectivity index (χ0v) is 9.04. The molecule has 1 amide bonds. The topological polar surface area (TPSA) is 42.0 Å². The lowest BCUT2D eigenvalue weighted by atomic mass is 10.4. The normalized spacial score (nSPS) is 9.83. The molecule has 0 atom stereocenters. The van der Waals surface area contributed by atoms with E-state index in [0.717, 1.165) is 15.2 Å². The van der Waals surface area contributed by atoms with E-state index in [1.807, 2.05) is 0 Å². The van der Waals surface area contributed by atoms with E-state index >= 15 is 0 Å². The number of carbonyl (C=O) groups is 1. The number of rotatable bonds is 3. The fourth-order valence-corrected chi connectivity index (χ4v) is 2.05. The van der Waals surface area contributed by atoms with E-state index in [4.69, 9.17) is 0 Å². The van der Waals surface area contributed by atoms with Crippen molar-refractivity contribution < 1.29 is 4.79 Å². The summed E-state index contributed by atoms with van der Waals surface area (Å²) in [7, 11) is 0. The first kappa shape index (κ1) is 9.67.